The number of H-pyrrole nitrogens is 1. The highest BCUT2D eigenvalue weighted by Gasteiger charge is 2.48. The van der Waals surface area contributed by atoms with E-state index >= 15 is 0 Å². The molecule has 0 saturated heterocycles. The summed E-state index contributed by atoms with van der Waals surface area (Å²) in [6, 6.07) is 18.4. The lowest BCUT2D eigenvalue weighted by Gasteiger charge is -2.18. The topological polar surface area (TPSA) is 81.4 Å². The maximum atomic E-state index is 13.1. The second-order valence-electron chi connectivity index (χ2n) is 8.97. The lowest BCUT2D eigenvalue weighted by molar-refractivity contribution is 0.567. The average Bonchev–Trinajstić information content (AvgIpc) is 3.28. The van der Waals surface area contributed by atoms with Gasteiger partial charge < -0.3 is 4.98 Å². The molecule has 33 heavy (non-hydrogen) atoms. The number of nitrogens with one attached hydrogen (secondary N) is 1. The van der Waals surface area contributed by atoms with Crippen molar-refractivity contribution in [1.29, 1.82) is 0 Å². The fourth-order valence-corrected chi connectivity index (χ4v) is 4.74. The van der Waals surface area contributed by atoms with E-state index in [9.17, 15) is 4.79 Å². The standard InChI is InChI=1S/C26H24N6O/c1-17(2)20-6-3-4-7-21(20)23-27-16-22-24(30-23)32(25(33)29-22)26(12-13-26)18-8-10-19(11-9-18)31-15-5-14-28-31/h3-11,14-17H,12-13H2,1-2H3,(H,29,33). The van der Waals surface area contributed by atoms with Crippen molar-refractivity contribution in [2.24, 2.45) is 0 Å². The van der Waals surface area contributed by atoms with Crippen LogP contribution < -0.4 is 5.69 Å². The number of aromatic nitrogens is 6. The van der Waals surface area contributed by atoms with Crippen LogP contribution in [0.25, 0.3) is 28.2 Å². The van der Waals surface area contributed by atoms with Gasteiger partial charge in [0, 0.05) is 18.0 Å². The van der Waals surface area contributed by atoms with E-state index in [1.54, 1.807) is 12.4 Å². The molecular formula is C26H24N6O. The third-order valence-corrected chi connectivity index (χ3v) is 6.57. The van der Waals surface area contributed by atoms with Gasteiger partial charge in [-0.25, -0.2) is 19.4 Å². The molecule has 2 aromatic carbocycles. The Balaban J connectivity index is 1.47. The summed E-state index contributed by atoms with van der Waals surface area (Å²) in [7, 11) is 0. The van der Waals surface area contributed by atoms with Crippen LogP contribution in [-0.2, 0) is 5.54 Å². The fraction of sp³-hybridized carbons (Fsp3) is 0.231. The maximum Gasteiger partial charge on any atom is 0.328 e. The van der Waals surface area contributed by atoms with Gasteiger partial charge in [0.1, 0.15) is 5.52 Å². The number of hydrogen-bond donors (Lipinski definition) is 1. The van der Waals surface area contributed by atoms with Crippen LogP contribution in [0.15, 0.2) is 78.0 Å². The first-order valence-corrected chi connectivity index (χ1v) is 11.2. The number of imidazole rings is 1. The summed E-state index contributed by atoms with van der Waals surface area (Å²) in [5, 5.41) is 4.30. The molecule has 1 fully saturated rings. The number of fused-ring (bicyclic) bond motifs is 1. The third kappa shape index (κ3) is 3.11. The zero-order valence-corrected chi connectivity index (χ0v) is 18.6. The van der Waals surface area contributed by atoms with E-state index in [0.29, 0.717) is 22.9 Å². The van der Waals surface area contributed by atoms with Crippen LogP contribution in [0.1, 0.15) is 43.7 Å². The SMILES string of the molecule is CC(C)c1ccccc1-c1ncc2[nH]c(=O)n(C3(c4ccc(-n5cccn5)cc4)CC3)c2n1. The van der Waals surface area contributed by atoms with Crippen molar-refractivity contribution in [3.63, 3.8) is 0 Å². The first-order chi connectivity index (χ1) is 16.1. The Morgan fingerprint density at radius 1 is 1.03 bits per heavy atom. The molecule has 1 aliphatic rings. The molecule has 7 heteroatoms. The Labute approximate surface area is 190 Å². The quantitative estimate of drug-likeness (QED) is 0.435. The molecule has 164 valence electrons. The van der Waals surface area contributed by atoms with Gasteiger partial charge in [-0.05, 0) is 48.1 Å². The molecule has 0 radical (unpaired) electrons. The normalized spacial score (nSPS) is 14.8. The van der Waals surface area contributed by atoms with E-state index in [1.807, 2.05) is 51.8 Å². The van der Waals surface area contributed by atoms with Crippen molar-refractivity contribution < 1.29 is 0 Å². The number of rotatable bonds is 5. The van der Waals surface area contributed by atoms with Crippen molar-refractivity contribution in [3.05, 3.63) is 94.8 Å². The first kappa shape index (κ1) is 19.7. The number of hydrogen-bond acceptors (Lipinski definition) is 4. The van der Waals surface area contributed by atoms with Gasteiger partial charge in [0.25, 0.3) is 0 Å². The van der Waals surface area contributed by atoms with Gasteiger partial charge >= 0.3 is 5.69 Å². The maximum absolute atomic E-state index is 13.1. The molecule has 0 amide bonds. The van der Waals surface area contributed by atoms with Crippen LogP contribution in [0.5, 0.6) is 0 Å². The average molecular weight is 437 g/mol. The van der Waals surface area contributed by atoms with Crippen LogP contribution >= 0.6 is 0 Å². The van der Waals surface area contributed by atoms with Gasteiger partial charge in [-0.1, -0.05) is 50.2 Å². The second kappa shape index (κ2) is 7.27. The van der Waals surface area contributed by atoms with E-state index in [2.05, 4.69) is 47.1 Å². The minimum absolute atomic E-state index is 0.151. The highest BCUT2D eigenvalue weighted by atomic mass is 16.1. The minimum atomic E-state index is -0.388. The molecule has 0 spiro atoms. The predicted octanol–water partition coefficient (Wildman–Crippen LogP) is 4.63. The molecule has 0 unspecified atom stereocenters. The molecule has 6 rings (SSSR count). The summed E-state index contributed by atoms with van der Waals surface area (Å²) >= 11 is 0. The van der Waals surface area contributed by atoms with Crippen LogP contribution in [0.3, 0.4) is 0 Å². The number of benzene rings is 2. The summed E-state index contributed by atoms with van der Waals surface area (Å²) in [6.07, 6.45) is 7.19. The number of nitrogens with zero attached hydrogens (tertiary/aromatic N) is 5. The molecule has 0 atom stereocenters. The zero-order valence-electron chi connectivity index (χ0n) is 18.6. The predicted molar refractivity (Wildman–Crippen MR) is 128 cm³/mol. The monoisotopic (exact) mass is 436 g/mol. The van der Waals surface area contributed by atoms with Gasteiger partial charge in [-0.15, -0.1) is 0 Å². The lowest BCUT2D eigenvalue weighted by Crippen LogP contribution is -2.29. The smallest absolute Gasteiger partial charge is 0.303 e. The van der Waals surface area contributed by atoms with E-state index in [4.69, 9.17) is 4.98 Å². The highest BCUT2D eigenvalue weighted by molar-refractivity contribution is 5.74. The van der Waals surface area contributed by atoms with Crippen molar-refractivity contribution in [1.82, 2.24) is 29.3 Å². The molecule has 1 N–H and O–H groups in total. The van der Waals surface area contributed by atoms with Crippen LogP contribution in [0.2, 0.25) is 0 Å². The van der Waals surface area contributed by atoms with Crippen LogP contribution in [0, 0.1) is 0 Å². The summed E-state index contributed by atoms with van der Waals surface area (Å²) in [5.41, 5.74) is 5.05. The van der Waals surface area contributed by atoms with Gasteiger partial charge in [0.15, 0.2) is 11.5 Å². The van der Waals surface area contributed by atoms with Gasteiger partial charge in [0.05, 0.1) is 17.4 Å². The van der Waals surface area contributed by atoms with E-state index in [1.165, 1.54) is 5.56 Å². The highest BCUT2D eigenvalue weighted by Crippen LogP contribution is 2.49. The Hall–Kier alpha value is -4.00. The molecule has 1 saturated carbocycles. The van der Waals surface area contributed by atoms with Crippen molar-refractivity contribution in [3.8, 4) is 17.1 Å². The Bertz CT molecular complexity index is 1500. The van der Waals surface area contributed by atoms with Gasteiger partial charge in [-0.3, -0.25) is 4.57 Å². The summed E-state index contributed by atoms with van der Waals surface area (Å²) in [6.45, 7) is 4.32. The van der Waals surface area contributed by atoms with Crippen LogP contribution in [0.4, 0.5) is 0 Å². The first-order valence-electron chi connectivity index (χ1n) is 11.2. The minimum Gasteiger partial charge on any atom is -0.303 e. The molecule has 7 nitrogen and oxygen atoms in total. The zero-order chi connectivity index (χ0) is 22.6. The largest absolute Gasteiger partial charge is 0.328 e. The van der Waals surface area contributed by atoms with E-state index in [-0.39, 0.29) is 11.2 Å². The summed E-state index contributed by atoms with van der Waals surface area (Å²) in [5.74, 6) is 0.987. The number of aromatic amines is 1. The molecular weight excluding hydrogens is 412 g/mol. The second-order valence-corrected chi connectivity index (χ2v) is 8.97. The molecule has 1 aliphatic carbocycles. The van der Waals surface area contributed by atoms with Crippen LogP contribution in [-0.4, -0.2) is 29.3 Å². The molecule has 3 heterocycles. The van der Waals surface area contributed by atoms with E-state index < -0.39 is 0 Å². The molecule has 0 aliphatic heterocycles. The molecule has 3 aromatic heterocycles. The Morgan fingerprint density at radius 3 is 2.52 bits per heavy atom. The molecule has 5 aromatic rings. The molecule has 0 bridgehead atoms. The van der Waals surface area contributed by atoms with Crippen molar-refractivity contribution in [2.45, 2.75) is 38.1 Å². The Kier molecular flexibility index (Phi) is 4.33. The van der Waals surface area contributed by atoms with Gasteiger partial charge in [-0.2, -0.15) is 5.10 Å². The Morgan fingerprint density at radius 2 is 1.82 bits per heavy atom. The summed E-state index contributed by atoms with van der Waals surface area (Å²) in [4.78, 5) is 25.6. The third-order valence-electron chi connectivity index (χ3n) is 6.57. The fourth-order valence-electron chi connectivity index (χ4n) is 4.74. The summed E-state index contributed by atoms with van der Waals surface area (Å²) < 4.78 is 3.65. The van der Waals surface area contributed by atoms with Crippen molar-refractivity contribution >= 4 is 11.2 Å². The van der Waals surface area contributed by atoms with Gasteiger partial charge in [0.2, 0.25) is 0 Å². The van der Waals surface area contributed by atoms with E-state index in [0.717, 1.165) is 29.7 Å². The lowest BCUT2D eigenvalue weighted by atomic mass is 9.97. The van der Waals surface area contributed by atoms with Crippen molar-refractivity contribution in [2.75, 3.05) is 0 Å².